The fraction of sp³-hybridized carbons (Fsp3) is 0.562. The normalized spacial score (nSPS) is 27.6. The zero-order valence-electron chi connectivity index (χ0n) is 13.0. The number of anilines is 1. The van der Waals surface area contributed by atoms with Crippen molar-refractivity contribution in [2.75, 3.05) is 18.5 Å². The molecule has 3 N–H and O–H groups in total. The van der Waals surface area contributed by atoms with Crippen LogP contribution in [0.5, 0.6) is 0 Å². The fourth-order valence-electron chi connectivity index (χ4n) is 3.07. The first-order valence-electron chi connectivity index (χ1n) is 7.61. The molecule has 7 heteroatoms. The van der Waals surface area contributed by atoms with Crippen molar-refractivity contribution in [3.05, 3.63) is 29.8 Å². The van der Waals surface area contributed by atoms with Crippen LogP contribution in [0, 0.1) is 23.0 Å². The van der Waals surface area contributed by atoms with E-state index in [9.17, 15) is 8.78 Å². The minimum atomic E-state index is -0.564. The number of ether oxygens (including phenoxy) is 1. The highest BCUT2D eigenvalue weighted by Gasteiger charge is 2.47. The van der Waals surface area contributed by atoms with E-state index in [1.54, 1.807) is 0 Å². The summed E-state index contributed by atoms with van der Waals surface area (Å²) in [6.07, 6.45) is 3.60. The Hall–Kier alpha value is -0.960. The smallest absolute Gasteiger partial charge is 0.193 e. The summed E-state index contributed by atoms with van der Waals surface area (Å²) >= 11 is 0. The summed E-state index contributed by atoms with van der Waals surface area (Å²) in [6, 6.07) is 3.18. The molecule has 2 fully saturated rings. The Morgan fingerprint density at radius 3 is 2.87 bits per heavy atom. The second-order valence-corrected chi connectivity index (χ2v) is 6.48. The highest BCUT2D eigenvalue weighted by Crippen LogP contribution is 2.47. The maximum absolute atomic E-state index is 13.6. The molecular weight excluding hydrogens is 415 g/mol. The number of guanidine groups is 1. The van der Waals surface area contributed by atoms with E-state index < -0.39 is 11.6 Å². The summed E-state index contributed by atoms with van der Waals surface area (Å²) in [5, 5.41) is 2.62. The Bertz CT molecular complexity index is 595. The van der Waals surface area contributed by atoms with Crippen LogP contribution >= 0.6 is 24.0 Å². The van der Waals surface area contributed by atoms with Crippen molar-refractivity contribution >= 4 is 35.6 Å². The lowest BCUT2D eigenvalue weighted by Gasteiger charge is -2.28. The lowest BCUT2D eigenvalue weighted by atomic mass is 9.81. The van der Waals surface area contributed by atoms with Crippen molar-refractivity contribution in [3.8, 4) is 0 Å². The Morgan fingerprint density at radius 1 is 1.43 bits per heavy atom. The van der Waals surface area contributed by atoms with Crippen LogP contribution < -0.4 is 11.1 Å². The number of nitrogens with zero attached hydrogens (tertiary/aromatic N) is 1. The summed E-state index contributed by atoms with van der Waals surface area (Å²) in [7, 11) is 0. The molecule has 1 aliphatic carbocycles. The third-order valence-electron chi connectivity index (χ3n) is 4.51. The van der Waals surface area contributed by atoms with Crippen LogP contribution in [0.4, 0.5) is 14.5 Å². The number of aliphatic imine (C=N–C) groups is 1. The first-order valence-corrected chi connectivity index (χ1v) is 7.61. The summed E-state index contributed by atoms with van der Waals surface area (Å²) in [6.45, 7) is 3.42. The Kier molecular flexibility index (Phi) is 5.83. The lowest BCUT2D eigenvalue weighted by Crippen LogP contribution is -2.34. The average Bonchev–Trinajstić information content (AvgIpc) is 3.24. The molecule has 3 rings (SSSR count). The van der Waals surface area contributed by atoms with Crippen molar-refractivity contribution in [1.82, 2.24) is 0 Å². The third-order valence-corrected chi connectivity index (χ3v) is 4.51. The molecule has 2 unspecified atom stereocenters. The summed E-state index contributed by atoms with van der Waals surface area (Å²) in [5.41, 5.74) is 5.77. The van der Waals surface area contributed by atoms with E-state index in [4.69, 9.17) is 10.5 Å². The van der Waals surface area contributed by atoms with Gasteiger partial charge >= 0.3 is 0 Å². The number of benzene rings is 1. The van der Waals surface area contributed by atoms with Gasteiger partial charge in [-0.25, -0.2) is 8.78 Å². The van der Waals surface area contributed by atoms with Gasteiger partial charge in [-0.15, -0.1) is 24.0 Å². The number of rotatable bonds is 4. The standard InChI is InChI=1S/C16H21F2N3O.HI/c1-16(6-7-22-14(16)10-2-3-10)9-20-15(19)21-13-8-11(17)4-5-12(13)18;/h4-5,8,10,14H,2-3,6-7,9H2,1H3,(H3,19,20,21);1H. The monoisotopic (exact) mass is 437 g/mol. The molecule has 23 heavy (non-hydrogen) atoms. The van der Waals surface area contributed by atoms with Gasteiger partial charge in [0.05, 0.1) is 18.3 Å². The lowest BCUT2D eigenvalue weighted by molar-refractivity contribution is 0.0425. The third kappa shape index (κ3) is 4.32. The van der Waals surface area contributed by atoms with Crippen molar-refractivity contribution in [2.24, 2.45) is 22.1 Å². The van der Waals surface area contributed by atoms with Crippen LogP contribution in [0.15, 0.2) is 23.2 Å². The van der Waals surface area contributed by atoms with Gasteiger partial charge in [-0.3, -0.25) is 4.99 Å². The minimum Gasteiger partial charge on any atom is -0.377 e. The maximum Gasteiger partial charge on any atom is 0.193 e. The molecule has 2 aliphatic rings. The highest BCUT2D eigenvalue weighted by atomic mass is 127. The fourth-order valence-corrected chi connectivity index (χ4v) is 3.07. The minimum absolute atomic E-state index is 0. The number of hydrogen-bond donors (Lipinski definition) is 2. The van der Waals surface area contributed by atoms with Crippen molar-refractivity contribution in [3.63, 3.8) is 0 Å². The van der Waals surface area contributed by atoms with Gasteiger partial charge in [0, 0.05) is 18.1 Å². The van der Waals surface area contributed by atoms with Crippen LogP contribution in [0.25, 0.3) is 0 Å². The van der Waals surface area contributed by atoms with E-state index in [1.807, 2.05) is 0 Å². The number of nitrogens with one attached hydrogen (secondary N) is 1. The van der Waals surface area contributed by atoms with E-state index in [0.29, 0.717) is 12.5 Å². The second-order valence-electron chi connectivity index (χ2n) is 6.48. The molecule has 1 aromatic carbocycles. The van der Waals surface area contributed by atoms with Gasteiger partial charge in [0.1, 0.15) is 11.6 Å². The van der Waals surface area contributed by atoms with Gasteiger partial charge in [0.25, 0.3) is 0 Å². The molecule has 2 atom stereocenters. The van der Waals surface area contributed by atoms with Gasteiger partial charge in [0.2, 0.25) is 0 Å². The van der Waals surface area contributed by atoms with Gasteiger partial charge in [-0.2, -0.15) is 0 Å². The van der Waals surface area contributed by atoms with E-state index in [0.717, 1.165) is 31.2 Å². The Balaban J connectivity index is 0.00000192. The molecule has 1 heterocycles. The molecule has 4 nitrogen and oxygen atoms in total. The Labute approximate surface area is 151 Å². The first-order chi connectivity index (χ1) is 10.5. The molecule has 1 saturated carbocycles. The van der Waals surface area contributed by atoms with Crippen LogP contribution in [0.3, 0.4) is 0 Å². The zero-order valence-corrected chi connectivity index (χ0v) is 15.3. The maximum atomic E-state index is 13.6. The number of halogens is 3. The molecule has 1 aromatic rings. The largest absolute Gasteiger partial charge is 0.377 e. The molecule has 0 radical (unpaired) electrons. The van der Waals surface area contributed by atoms with Crippen molar-refractivity contribution in [1.29, 1.82) is 0 Å². The Morgan fingerprint density at radius 2 is 2.17 bits per heavy atom. The number of nitrogens with two attached hydrogens (primary N) is 1. The predicted molar refractivity (Wildman–Crippen MR) is 97.1 cm³/mol. The summed E-state index contributed by atoms with van der Waals surface area (Å²) in [5.74, 6) is -0.364. The van der Waals surface area contributed by atoms with Crippen LogP contribution in [0.1, 0.15) is 26.2 Å². The second kappa shape index (κ2) is 7.29. The average molecular weight is 437 g/mol. The topological polar surface area (TPSA) is 59.6 Å². The highest BCUT2D eigenvalue weighted by molar-refractivity contribution is 14.0. The molecule has 0 spiro atoms. The summed E-state index contributed by atoms with van der Waals surface area (Å²) in [4.78, 5) is 4.32. The summed E-state index contributed by atoms with van der Waals surface area (Å²) < 4.78 is 32.5. The van der Waals surface area contributed by atoms with Crippen LogP contribution in [0.2, 0.25) is 0 Å². The molecule has 0 bridgehead atoms. The van der Waals surface area contributed by atoms with Gasteiger partial charge in [0.15, 0.2) is 5.96 Å². The van der Waals surface area contributed by atoms with Crippen LogP contribution in [-0.2, 0) is 4.74 Å². The van der Waals surface area contributed by atoms with E-state index in [1.165, 1.54) is 12.8 Å². The quantitative estimate of drug-likeness (QED) is 0.431. The van der Waals surface area contributed by atoms with Gasteiger partial charge in [-0.05, 0) is 37.3 Å². The van der Waals surface area contributed by atoms with E-state index in [2.05, 4.69) is 17.2 Å². The molecule has 0 aromatic heterocycles. The molecular formula is C16H22F2IN3O. The van der Waals surface area contributed by atoms with Crippen LogP contribution in [-0.4, -0.2) is 25.2 Å². The zero-order chi connectivity index (χ0) is 15.7. The number of hydrogen-bond acceptors (Lipinski definition) is 2. The first kappa shape index (κ1) is 18.4. The predicted octanol–water partition coefficient (Wildman–Crippen LogP) is 3.51. The van der Waals surface area contributed by atoms with Crippen molar-refractivity contribution in [2.45, 2.75) is 32.3 Å². The molecule has 1 aliphatic heterocycles. The SMILES string of the molecule is CC1(CN=C(N)Nc2cc(F)ccc2F)CCOC1C1CC1.I. The molecule has 0 amide bonds. The van der Waals surface area contributed by atoms with E-state index in [-0.39, 0.29) is 47.1 Å². The molecule has 128 valence electrons. The van der Waals surface area contributed by atoms with Gasteiger partial charge in [-0.1, -0.05) is 6.92 Å². The molecule has 1 saturated heterocycles. The van der Waals surface area contributed by atoms with E-state index >= 15 is 0 Å². The van der Waals surface area contributed by atoms with Gasteiger partial charge < -0.3 is 15.8 Å². The van der Waals surface area contributed by atoms with Crippen molar-refractivity contribution < 1.29 is 13.5 Å².